The number of methoxy groups -OCH3 is 2. The van der Waals surface area contributed by atoms with E-state index in [0.717, 1.165) is 39.1 Å². The van der Waals surface area contributed by atoms with Crippen LogP contribution in [0.1, 0.15) is 32.7 Å². The minimum Gasteiger partial charge on any atom is -0.465 e. The SMILES string of the molecule is COC(=O)c1cc(NC(=O)CN2CCCN(Cc3ccccc3)CC2)cc(C(=O)OC)c1. The quantitative estimate of drug-likeness (QED) is 0.663. The molecule has 1 fully saturated rings. The summed E-state index contributed by atoms with van der Waals surface area (Å²) in [6, 6.07) is 14.7. The number of rotatable bonds is 7. The van der Waals surface area contributed by atoms with E-state index in [4.69, 9.17) is 9.47 Å². The molecule has 1 heterocycles. The lowest BCUT2D eigenvalue weighted by Gasteiger charge is -2.21. The van der Waals surface area contributed by atoms with E-state index in [1.807, 2.05) is 18.2 Å². The van der Waals surface area contributed by atoms with E-state index in [0.29, 0.717) is 5.69 Å². The second-order valence-corrected chi connectivity index (χ2v) is 7.72. The highest BCUT2D eigenvalue weighted by atomic mass is 16.5. The van der Waals surface area contributed by atoms with Gasteiger partial charge in [-0.05, 0) is 43.3 Å². The van der Waals surface area contributed by atoms with E-state index in [9.17, 15) is 14.4 Å². The molecule has 0 aromatic heterocycles. The minimum absolute atomic E-state index is 0.164. The van der Waals surface area contributed by atoms with Crippen LogP contribution < -0.4 is 5.32 Å². The Kier molecular flexibility index (Phi) is 8.35. The summed E-state index contributed by atoms with van der Waals surface area (Å²) in [7, 11) is 2.51. The first kappa shape index (κ1) is 23.4. The van der Waals surface area contributed by atoms with Crippen molar-refractivity contribution >= 4 is 23.5 Å². The molecule has 1 saturated heterocycles. The molecule has 1 N–H and O–H groups in total. The number of nitrogens with zero attached hydrogens (tertiary/aromatic N) is 2. The van der Waals surface area contributed by atoms with E-state index < -0.39 is 11.9 Å². The van der Waals surface area contributed by atoms with Crippen LogP contribution in [-0.2, 0) is 20.8 Å². The molecular formula is C24H29N3O5. The lowest BCUT2D eigenvalue weighted by Crippen LogP contribution is -2.36. The van der Waals surface area contributed by atoms with Gasteiger partial charge in [0.1, 0.15) is 0 Å². The zero-order valence-corrected chi connectivity index (χ0v) is 18.5. The van der Waals surface area contributed by atoms with Crippen LogP contribution >= 0.6 is 0 Å². The second kappa shape index (κ2) is 11.4. The molecular weight excluding hydrogens is 410 g/mol. The van der Waals surface area contributed by atoms with Gasteiger partial charge in [-0.2, -0.15) is 0 Å². The van der Waals surface area contributed by atoms with Crippen LogP contribution in [0.5, 0.6) is 0 Å². The molecule has 0 saturated carbocycles. The zero-order valence-electron chi connectivity index (χ0n) is 18.5. The fraction of sp³-hybridized carbons (Fsp3) is 0.375. The number of nitrogens with one attached hydrogen (secondary N) is 1. The molecule has 0 bridgehead atoms. The Morgan fingerprint density at radius 2 is 1.44 bits per heavy atom. The topological polar surface area (TPSA) is 88.2 Å². The first-order valence-corrected chi connectivity index (χ1v) is 10.6. The number of hydrogen-bond donors (Lipinski definition) is 1. The molecule has 2 aromatic carbocycles. The standard InChI is InChI=1S/C24H29N3O5/c1-31-23(29)19-13-20(24(30)32-2)15-21(14-19)25-22(28)17-27-10-6-9-26(11-12-27)16-18-7-4-3-5-8-18/h3-5,7-8,13-15H,6,9-12,16-17H2,1-2H3,(H,25,28). The monoisotopic (exact) mass is 439 g/mol. The van der Waals surface area contributed by atoms with Gasteiger partial charge in [0.05, 0.1) is 31.9 Å². The van der Waals surface area contributed by atoms with Crippen molar-refractivity contribution in [1.82, 2.24) is 9.80 Å². The third-order valence-corrected chi connectivity index (χ3v) is 5.36. The highest BCUT2D eigenvalue weighted by Gasteiger charge is 2.19. The summed E-state index contributed by atoms with van der Waals surface area (Å²) in [5.41, 5.74) is 1.96. The third-order valence-electron chi connectivity index (χ3n) is 5.36. The highest BCUT2D eigenvalue weighted by Crippen LogP contribution is 2.17. The largest absolute Gasteiger partial charge is 0.465 e. The molecule has 0 atom stereocenters. The number of carbonyl (C=O) groups is 3. The molecule has 0 spiro atoms. The van der Waals surface area contributed by atoms with E-state index in [1.54, 1.807) is 0 Å². The predicted molar refractivity (Wildman–Crippen MR) is 121 cm³/mol. The third kappa shape index (κ3) is 6.63. The van der Waals surface area contributed by atoms with Gasteiger partial charge in [0.15, 0.2) is 0 Å². The van der Waals surface area contributed by atoms with Gasteiger partial charge in [-0.1, -0.05) is 30.3 Å². The molecule has 8 nitrogen and oxygen atoms in total. The number of esters is 2. The van der Waals surface area contributed by atoms with Gasteiger partial charge in [0.2, 0.25) is 5.91 Å². The number of amides is 1. The smallest absolute Gasteiger partial charge is 0.337 e. The molecule has 170 valence electrons. The van der Waals surface area contributed by atoms with Crippen LogP contribution in [0.15, 0.2) is 48.5 Å². The Hall–Kier alpha value is -3.23. The Balaban J connectivity index is 1.59. The summed E-state index contributed by atoms with van der Waals surface area (Å²) >= 11 is 0. The molecule has 1 aliphatic heterocycles. The molecule has 2 aromatic rings. The summed E-state index contributed by atoms with van der Waals surface area (Å²) in [6.07, 6.45) is 0.977. The zero-order chi connectivity index (χ0) is 22.9. The van der Waals surface area contributed by atoms with E-state index in [-0.39, 0.29) is 23.6 Å². The predicted octanol–water partition coefficient (Wildman–Crippen LogP) is 2.41. The maximum atomic E-state index is 12.7. The fourth-order valence-corrected chi connectivity index (χ4v) is 3.76. The molecule has 32 heavy (non-hydrogen) atoms. The molecule has 0 unspecified atom stereocenters. The van der Waals surface area contributed by atoms with E-state index >= 15 is 0 Å². The number of hydrogen-bond acceptors (Lipinski definition) is 7. The van der Waals surface area contributed by atoms with Crippen molar-refractivity contribution < 1.29 is 23.9 Å². The summed E-state index contributed by atoms with van der Waals surface area (Å²) in [5.74, 6) is -1.41. The summed E-state index contributed by atoms with van der Waals surface area (Å²) in [5, 5.41) is 2.79. The van der Waals surface area contributed by atoms with Gasteiger partial charge in [-0.3, -0.25) is 14.6 Å². The summed E-state index contributed by atoms with van der Waals surface area (Å²) < 4.78 is 9.47. The van der Waals surface area contributed by atoms with Gasteiger partial charge < -0.3 is 14.8 Å². The van der Waals surface area contributed by atoms with Crippen molar-refractivity contribution in [2.24, 2.45) is 0 Å². The van der Waals surface area contributed by atoms with Gasteiger partial charge in [0, 0.05) is 25.3 Å². The van der Waals surface area contributed by atoms with Gasteiger partial charge in [-0.15, -0.1) is 0 Å². The molecule has 3 rings (SSSR count). The average molecular weight is 440 g/mol. The lowest BCUT2D eigenvalue weighted by atomic mass is 10.1. The molecule has 0 aliphatic carbocycles. The molecule has 0 radical (unpaired) electrons. The van der Waals surface area contributed by atoms with Crippen molar-refractivity contribution in [1.29, 1.82) is 0 Å². The van der Waals surface area contributed by atoms with Crippen LogP contribution in [-0.4, -0.2) is 74.6 Å². The van der Waals surface area contributed by atoms with Crippen LogP contribution in [0.2, 0.25) is 0 Å². The highest BCUT2D eigenvalue weighted by molar-refractivity contribution is 5.99. The normalized spacial score (nSPS) is 14.9. The first-order chi connectivity index (χ1) is 15.5. The van der Waals surface area contributed by atoms with Gasteiger partial charge >= 0.3 is 11.9 Å². The number of carbonyl (C=O) groups excluding carboxylic acids is 3. The Morgan fingerprint density at radius 1 is 0.844 bits per heavy atom. The van der Waals surface area contributed by atoms with Crippen molar-refractivity contribution in [3.8, 4) is 0 Å². The van der Waals surface area contributed by atoms with Crippen LogP contribution in [0.4, 0.5) is 5.69 Å². The van der Waals surface area contributed by atoms with Gasteiger partial charge in [-0.25, -0.2) is 9.59 Å². The molecule has 1 aliphatic rings. The minimum atomic E-state index is -0.600. The number of benzene rings is 2. The Labute approximate surface area is 188 Å². The molecule has 1 amide bonds. The van der Waals surface area contributed by atoms with Crippen molar-refractivity contribution in [3.63, 3.8) is 0 Å². The average Bonchev–Trinajstić information content (AvgIpc) is 3.03. The van der Waals surface area contributed by atoms with Gasteiger partial charge in [0.25, 0.3) is 0 Å². The van der Waals surface area contributed by atoms with Crippen LogP contribution in [0.25, 0.3) is 0 Å². The fourth-order valence-electron chi connectivity index (χ4n) is 3.76. The van der Waals surface area contributed by atoms with Crippen molar-refractivity contribution in [2.45, 2.75) is 13.0 Å². The second-order valence-electron chi connectivity index (χ2n) is 7.72. The summed E-state index contributed by atoms with van der Waals surface area (Å²) in [6.45, 7) is 4.61. The Morgan fingerprint density at radius 3 is 2.06 bits per heavy atom. The first-order valence-electron chi connectivity index (χ1n) is 10.6. The molecule has 8 heteroatoms. The van der Waals surface area contributed by atoms with E-state index in [1.165, 1.54) is 38.0 Å². The van der Waals surface area contributed by atoms with E-state index in [2.05, 4.69) is 27.2 Å². The Bertz CT molecular complexity index is 914. The number of ether oxygens (including phenoxy) is 2. The van der Waals surface area contributed by atoms with Crippen molar-refractivity contribution in [3.05, 3.63) is 65.2 Å². The summed E-state index contributed by atoms with van der Waals surface area (Å²) in [4.78, 5) is 41.0. The number of anilines is 1. The van der Waals surface area contributed by atoms with Crippen LogP contribution in [0, 0.1) is 0 Å². The lowest BCUT2D eigenvalue weighted by molar-refractivity contribution is -0.117. The van der Waals surface area contributed by atoms with Crippen LogP contribution in [0.3, 0.4) is 0 Å². The maximum Gasteiger partial charge on any atom is 0.337 e. The van der Waals surface area contributed by atoms with Crippen molar-refractivity contribution in [2.75, 3.05) is 52.3 Å². The maximum absolute atomic E-state index is 12.7.